The molecular weight excluding hydrogens is 427 g/mol. The van der Waals surface area contributed by atoms with Crippen LogP contribution in [0.4, 0.5) is 5.69 Å². The third-order valence-electron chi connectivity index (χ3n) is 5.13. The van der Waals surface area contributed by atoms with E-state index < -0.39 is 0 Å². The van der Waals surface area contributed by atoms with E-state index in [9.17, 15) is 14.7 Å². The molecule has 30 heavy (non-hydrogen) atoms. The number of aromatic nitrogens is 2. The van der Waals surface area contributed by atoms with Gasteiger partial charge in [-0.05, 0) is 48.4 Å². The Morgan fingerprint density at radius 3 is 2.83 bits per heavy atom. The van der Waals surface area contributed by atoms with E-state index in [4.69, 9.17) is 23.2 Å². The maximum Gasteiger partial charge on any atom is 0.228 e. The van der Waals surface area contributed by atoms with Crippen molar-refractivity contribution < 1.29 is 14.7 Å². The number of amides is 2. The lowest BCUT2D eigenvalue weighted by molar-refractivity contribution is -0.121. The van der Waals surface area contributed by atoms with Crippen LogP contribution in [0, 0.1) is 0 Å². The minimum atomic E-state index is -0.335. The van der Waals surface area contributed by atoms with Crippen molar-refractivity contribution in [2.24, 2.45) is 0 Å². The molecule has 1 aliphatic heterocycles. The standard InChI is InChI=1S/C21H18Cl2N4O3/c1-10-13(14(9-19(29)24-10)11-2-4-16(22)18(28)6-11)8-20(30)25-12-3-5-17-15(7-12)21(23)27-26-17/h2-7,14,28H,8-9H2,1H3,(H,24,29)(H,25,30)(H,26,27). The number of nitrogens with zero attached hydrogens (tertiary/aromatic N) is 1. The van der Waals surface area contributed by atoms with Crippen LogP contribution in [0.5, 0.6) is 5.75 Å². The Labute approximate surface area is 182 Å². The Morgan fingerprint density at radius 1 is 1.27 bits per heavy atom. The molecule has 1 unspecified atom stereocenters. The number of rotatable bonds is 4. The van der Waals surface area contributed by atoms with Crippen LogP contribution in [0.15, 0.2) is 47.7 Å². The van der Waals surface area contributed by atoms with Crippen molar-refractivity contribution >= 4 is 51.6 Å². The summed E-state index contributed by atoms with van der Waals surface area (Å²) in [7, 11) is 0. The van der Waals surface area contributed by atoms with Crippen molar-refractivity contribution in [2.45, 2.75) is 25.7 Å². The lowest BCUT2D eigenvalue weighted by Crippen LogP contribution is -2.32. The van der Waals surface area contributed by atoms with E-state index in [2.05, 4.69) is 20.8 Å². The fourth-order valence-electron chi connectivity index (χ4n) is 3.67. The predicted octanol–water partition coefficient (Wildman–Crippen LogP) is 4.48. The molecule has 0 fully saturated rings. The SMILES string of the molecule is CC1=C(CC(=O)Nc2ccc3n[nH]c(Cl)c3c2)C(c2ccc(Cl)c(O)c2)CC(=O)N1. The second kappa shape index (κ2) is 8.01. The topological polar surface area (TPSA) is 107 Å². The molecule has 2 amide bonds. The van der Waals surface area contributed by atoms with Gasteiger partial charge < -0.3 is 15.7 Å². The van der Waals surface area contributed by atoms with E-state index in [0.717, 1.165) is 11.1 Å². The molecule has 7 nitrogen and oxygen atoms in total. The second-order valence-corrected chi connectivity index (χ2v) is 7.95. The van der Waals surface area contributed by atoms with Crippen LogP contribution in [0.25, 0.3) is 10.9 Å². The number of carbonyl (C=O) groups is 2. The number of H-pyrrole nitrogens is 1. The van der Waals surface area contributed by atoms with Crippen molar-refractivity contribution in [3.05, 3.63) is 63.4 Å². The third-order valence-corrected chi connectivity index (χ3v) is 5.74. The lowest BCUT2D eigenvalue weighted by atomic mass is 9.82. The first kappa shape index (κ1) is 20.3. The molecule has 0 radical (unpaired) electrons. The van der Waals surface area contributed by atoms with Crippen molar-refractivity contribution in [3.63, 3.8) is 0 Å². The minimum Gasteiger partial charge on any atom is -0.506 e. The fraction of sp³-hybridized carbons (Fsp3) is 0.190. The molecule has 0 saturated carbocycles. The molecule has 0 spiro atoms. The van der Waals surface area contributed by atoms with Gasteiger partial charge in [-0.25, -0.2) is 0 Å². The number of carbonyl (C=O) groups excluding carboxylic acids is 2. The number of aromatic amines is 1. The monoisotopic (exact) mass is 444 g/mol. The molecule has 3 aromatic rings. The largest absolute Gasteiger partial charge is 0.506 e. The Kier molecular flexibility index (Phi) is 5.40. The number of allylic oxidation sites excluding steroid dienone is 1. The van der Waals surface area contributed by atoms with E-state index in [1.807, 2.05) is 0 Å². The van der Waals surface area contributed by atoms with Crippen molar-refractivity contribution in [3.8, 4) is 5.75 Å². The van der Waals surface area contributed by atoms with E-state index >= 15 is 0 Å². The van der Waals surface area contributed by atoms with Gasteiger partial charge in [0.05, 0.1) is 17.0 Å². The first-order valence-electron chi connectivity index (χ1n) is 9.23. The molecule has 154 valence electrons. The van der Waals surface area contributed by atoms with Gasteiger partial charge in [-0.2, -0.15) is 5.10 Å². The van der Waals surface area contributed by atoms with Gasteiger partial charge in [0.1, 0.15) is 10.9 Å². The highest BCUT2D eigenvalue weighted by Gasteiger charge is 2.29. The van der Waals surface area contributed by atoms with Crippen LogP contribution >= 0.6 is 23.2 Å². The van der Waals surface area contributed by atoms with Gasteiger partial charge in [0.25, 0.3) is 0 Å². The van der Waals surface area contributed by atoms with Gasteiger partial charge >= 0.3 is 0 Å². The Balaban J connectivity index is 1.58. The van der Waals surface area contributed by atoms with Crippen LogP contribution in [-0.2, 0) is 9.59 Å². The summed E-state index contributed by atoms with van der Waals surface area (Å²) in [5.41, 5.74) is 3.43. The van der Waals surface area contributed by atoms with Gasteiger partial charge in [-0.3, -0.25) is 14.7 Å². The lowest BCUT2D eigenvalue weighted by Gasteiger charge is -2.28. The summed E-state index contributed by atoms with van der Waals surface area (Å²) in [6, 6.07) is 10.1. The molecule has 2 heterocycles. The highest BCUT2D eigenvalue weighted by atomic mass is 35.5. The highest BCUT2D eigenvalue weighted by molar-refractivity contribution is 6.34. The Bertz CT molecular complexity index is 1200. The van der Waals surface area contributed by atoms with E-state index in [1.54, 1.807) is 37.3 Å². The average Bonchev–Trinajstić information content (AvgIpc) is 3.06. The number of benzene rings is 2. The van der Waals surface area contributed by atoms with Crippen LogP contribution in [-0.4, -0.2) is 27.1 Å². The molecule has 0 bridgehead atoms. The molecule has 4 N–H and O–H groups in total. The number of nitrogens with one attached hydrogen (secondary N) is 3. The van der Waals surface area contributed by atoms with Gasteiger partial charge in [0.15, 0.2) is 0 Å². The summed E-state index contributed by atoms with van der Waals surface area (Å²) in [6.07, 6.45) is 0.259. The maximum absolute atomic E-state index is 12.8. The van der Waals surface area contributed by atoms with Crippen molar-refractivity contribution in [1.29, 1.82) is 0 Å². The van der Waals surface area contributed by atoms with Crippen LogP contribution in [0.2, 0.25) is 10.2 Å². The van der Waals surface area contributed by atoms with Crippen LogP contribution in [0.1, 0.15) is 31.2 Å². The zero-order chi connectivity index (χ0) is 21.4. The van der Waals surface area contributed by atoms with Crippen molar-refractivity contribution in [2.75, 3.05) is 5.32 Å². The maximum atomic E-state index is 12.8. The number of fused-ring (bicyclic) bond motifs is 1. The number of phenols is 1. The molecule has 2 aromatic carbocycles. The molecule has 1 atom stereocenters. The second-order valence-electron chi connectivity index (χ2n) is 7.16. The first-order chi connectivity index (χ1) is 14.3. The fourth-order valence-corrected chi connectivity index (χ4v) is 3.98. The van der Waals surface area contributed by atoms with Gasteiger partial charge in [-0.1, -0.05) is 29.3 Å². The van der Waals surface area contributed by atoms with E-state index in [1.165, 1.54) is 6.07 Å². The van der Waals surface area contributed by atoms with Crippen LogP contribution < -0.4 is 10.6 Å². The Morgan fingerprint density at radius 2 is 2.07 bits per heavy atom. The van der Waals surface area contributed by atoms with Gasteiger partial charge in [0.2, 0.25) is 11.8 Å². The number of anilines is 1. The number of aromatic hydroxyl groups is 1. The molecule has 9 heteroatoms. The molecule has 1 aromatic heterocycles. The third kappa shape index (κ3) is 3.99. The predicted molar refractivity (Wildman–Crippen MR) is 116 cm³/mol. The summed E-state index contributed by atoms with van der Waals surface area (Å²) in [4.78, 5) is 24.9. The molecule has 0 aliphatic carbocycles. The quantitative estimate of drug-likeness (QED) is 0.475. The first-order valence-corrected chi connectivity index (χ1v) is 9.99. The Hall–Kier alpha value is -3.03. The summed E-state index contributed by atoms with van der Waals surface area (Å²) in [5.74, 6) is -0.774. The number of hydrogen-bond acceptors (Lipinski definition) is 4. The molecule has 1 aliphatic rings. The number of phenolic OH excluding ortho intramolecular Hbond substituents is 1. The minimum absolute atomic E-state index is 0.0631. The normalized spacial score (nSPS) is 16.6. The molecule has 4 rings (SSSR count). The van der Waals surface area contributed by atoms with Gasteiger partial charge in [0, 0.05) is 29.1 Å². The number of hydrogen-bond donors (Lipinski definition) is 4. The zero-order valence-electron chi connectivity index (χ0n) is 15.9. The highest BCUT2D eigenvalue weighted by Crippen LogP contribution is 2.37. The summed E-state index contributed by atoms with van der Waals surface area (Å²) in [5, 5.41) is 23.7. The van der Waals surface area contributed by atoms with Crippen molar-refractivity contribution in [1.82, 2.24) is 15.5 Å². The molecule has 0 saturated heterocycles. The number of halogens is 2. The van der Waals surface area contributed by atoms with Crippen LogP contribution in [0.3, 0.4) is 0 Å². The average molecular weight is 445 g/mol. The van der Waals surface area contributed by atoms with Gasteiger partial charge in [-0.15, -0.1) is 0 Å². The zero-order valence-corrected chi connectivity index (χ0v) is 17.4. The summed E-state index contributed by atoms with van der Waals surface area (Å²) >= 11 is 12.0. The summed E-state index contributed by atoms with van der Waals surface area (Å²) < 4.78 is 0. The van der Waals surface area contributed by atoms with E-state index in [0.29, 0.717) is 27.4 Å². The smallest absolute Gasteiger partial charge is 0.228 e. The summed E-state index contributed by atoms with van der Waals surface area (Å²) in [6.45, 7) is 1.76. The molecular formula is C21H18Cl2N4O3. The van der Waals surface area contributed by atoms with E-state index in [-0.39, 0.29) is 41.3 Å².